The molecule has 0 aliphatic carbocycles. The van der Waals surface area contributed by atoms with Crippen molar-refractivity contribution in [3.8, 4) is 11.4 Å². The monoisotopic (exact) mass is 450 g/mol. The maximum Gasteiger partial charge on any atom is 0.288 e. The number of aromatic nitrogens is 3. The smallest absolute Gasteiger partial charge is 0.288 e. The van der Waals surface area contributed by atoms with Crippen LogP contribution >= 0.6 is 23.5 Å². The Kier molecular flexibility index (Phi) is 7.58. The van der Waals surface area contributed by atoms with Crippen LogP contribution in [0.4, 0.5) is 18.9 Å². The van der Waals surface area contributed by atoms with Crippen molar-refractivity contribution in [1.82, 2.24) is 14.8 Å². The van der Waals surface area contributed by atoms with Gasteiger partial charge in [-0.25, -0.2) is 4.39 Å². The Balaban J connectivity index is 1.73. The number of halogens is 3. The van der Waals surface area contributed by atoms with Crippen LogP contribution in [0.1, 0.15) is 0 Å². The van der Waals surface area contributed by atoms with Crippen molar-refractivity contribution in [3.63, 3.8) is 0 Å². The third kappa shape index (κ3) is 5.45. The molecule has 0 saturated heterocycles. The fraction of sp³-hybridized carbons (Fsp3) is 0.150. The highest BCUT2D eigenvalue weighted by Crippen LogP contribution is 2.32. The number of carbonyl (C=O) groups is 1. The van der Waals surface area contributed by atoms with E-state index in [1.54, 1.807) is 47.0 Å². The molecule has 156 valence electrons. The number of anilines is 1. The van der Waals surface area contributed by atoms with Gasteiger partial charge in [0.1, 0.15) is 5.82 Å². The summed E-state index contributed by atoms with van der Waals surface area (Å²) in [5, 5.41) is 11.2. The number of alkyl halides is 2. The molecule has 30 heavy (non-hydrogen) atoms. The molecule has 0 aliphatic heterocycles. The minimum Gasteiger partial charge on any atom is -0.324 e. The number of rotatable bonds is 9. The SMILES string of the molecule is C=CCn1c(SCC(=O)Nc2ccccc2SC(F)F)nnc1-c1ccccc1F. The number of hydrogen-bond acceptors (Lipinski definition) is 5. The van der Waals surface area contributed by atoms with E-state index in [0.717, 1.165) is 11.8 Å². The number of nitrogens with zero attached hydrogens (tertiary/aromatic N) is 3. The lowest BCUT2D eigenvalue weighted by Gasteiger charge is -2.11. The summed E-state index contributed by atoms with van der Waals surface area (Å²) in [7, 11) is 0. The summed E-state index contributed by atoms with van der Waals surface area (Å²) >= 11 is 1.47. The summed E-state index contributed by atoms with van der Waals surface area (Å²) < 4.78 is 41.2. The normalized spacial score (nSPS) is 10.9. The Hall–Kier alpha value is -2.72. The van der Waals surface area contributed by atoms with Crippen LogP contribution in [0.5, 0.6) is 0 Å². The standard InChI is InChI=1S/C20H17F3N4OS2/c1-2-11-27-18(13-7-3-4-8-14(13)21)25-26-20(27)29-12-17(28)24-15-9-5-6-10-16(15)30-19(22)23/h2-10,19H,1,11-12H2,(H,24,28). The van der Waals surface area contributed by atoms with Crippen LogP contribution in [0.15, 0.2) is 71.2 Å². The largest absolute Gasteiger partial charge is 0.324 e. The highest BCUT2D eigenvalue weighted by atomic mass is 32.2. The van der Waals surface area contributed by atoms with E-state index in [-0.39, 0.29) is 16.6 Å². The first-order valence-corrected chi connectivity index (χ1v) is 10.6. The zero-order valence-electron chi connectivity index (χ0n) is 15.6. The van der Waals surface area contributed by atoms with E-state index in [9.17, 15) is 18.0 Å². The Bertz CT molecular complexity index is 1040. The molecule has 0 radical (unpaired) electrons. The summed E-state index contributed by atoms with van der Waals surface area (Å²) in [4.78, 5) is 12.6. The molecule has 0 fully saturated rings. The van der Waals surface area contributed by atoms with Crippen molar-refractivity contribution in [2.45, 2.75) is 22.4 Å². The lowest BCUT2D eigenvalue weighted by Crippen LogP contribution is -2.15. The second-order valence-electron chi connectivity index (χ2n) is 5.90. The number of para-hydroxylation sites is 1. The molecular formula is C20H17F3N4OS2. The van der Waals surface area contributed by atoms with Crippen LogP contribution in [-0.4, -0.2) is 32.2 Å². The van der Waals surface area contributed by atoms with E-state index in [1.807, 2.05) is 0 Å². The molecule has 1 heterocycles. The maximum absolute atomic E-state index is 14.2. The van der Waals surface area contributed by atoms with E-state index < -0.39 is 11.6 Å². The van der Waals surface area contributed by atoms with Crippen LogP contribution in [-0.2, 0) is 11.3 Å². The fourth-order valence-corrected chi connectivity index (χ4v) is 3.96. The van der Waals surface area contributed by atoms with E-state index >= 15 is 0 Å². The summed E-state index contributed by atoms with van der Waals surface area (Å²) in [6.45, 7) is 4.02. The minimum absolute atomic E-state index is 0.0276. The fourth-order valence-electron chi connectivity index (χ4n) is 2.62. The molecule has 5 nitrogen and oxygen atoms in total. The molecule has 0 bridgehead atoms. The Morgan fingerprint density at radius 2 is 1.90 bits per heavy atom. The number of carbonyl (C=O) groups excluding carboxylic acids is 1. The topological polar surface area (TPSA) is 59.8 Å². The number of benzene rings is 2. The van der Waals surface area contributed by atoms with E-state index in [2.05, 4.69) is 22.1 Å². The number of amides is 1. The number of hydrogen-bond donors (Lipinski definition) is 1. The molecule has 0 aliphatic rings. The first-order chi connectivity index (χ1) is 14.5. The highest BCUT2D eigenvalue weighted by Gasteiger charge is 2.18. The lowest BCUT2D eigenvalue weighted by atomic mass is 10.2. The second-order valence-corrected chi connectivity index (χ2v) is 7.87. The van der Waals surface area contributed by atoms with Gasteiger partial charge in [-0.05, 0) is 24.3 Å². The van der Waals surface area contributed by atoms with Gasteiger partial charge in [-0.2, -0.15) is 8.78 Å². The van der Waals surface area contributed by atoms with Crippen LogP contribution in [0.2, 0.25) is 0 Å². The van der Waals surface area contributed by atoms with Crippen molar-refractivity contribution in [2.24, 2.45) is 0 Å². The summed E-state index contributed by atoms with van der Waals surface area (Å²) in [5.74, 6) is -3.11. The Morgan fingerprint density at radius 1 is 1.17 bits per heavy atom. The van der Waals surface area contributed by atoms with Gasteiger partial charge in [-0.1, -0.05) is 53.9 Å². The lowest BCUT2D eigenvalue weighted by molar-refractivity contribution is -0.113. The molecule has 0 unspecified atom stereocenters. The molecule has 1 N–H and O–H groups in total. The first-order valence-electron chi connectivity index (χ1n) is 8.75. The maximum atomic E-state index is 14.2. The molecule has 1 amide bonds. The van der Waals surface area contributed by atoms with Gasteiger partial charge in [0.25, 0.3) is 5.76 Å². The van der Waals surface area contributed by atoms with Gasteiger partial charge in [-0.3, -0.25) is 9.36 Å². The van der Waals surface area contributed by atoms with Gasteiger partial charge < -0.3 is 5.32 Å². The molecule has 2 aromatic carbocycles. The van der Waals surface area contributed by atoms with Crippen LogP contribution in [0.3, 0.4) is 0 Å². The van der Waals surface area contributed by atoms with Crippen LogP contribution in [0, 0.1) is 5.82 Å². The Morgan fingerprint density at radius 3 is 2.63 bits per heavy atom. The molecule has 10 heteroatoms. The molecular weight excluding hydrogens is 433 g/mol. The molecule has 0 atom stereocenters. The van der Waals surface area contributed by atoms with Crippen molar-refractivity contribution >= 4 is 35.1 Å². The molecule has 0 saturated carbocycles. The molecule has 3 rings (SSSR count). The molecule has 0 spiro atoms. The van der Waals surface area contributed by atoms with Crippen molar-refractivity contribution in [3.05, 3.63) is 67.0 Å². The zero-order valence-corrected chi connectivity index (χ0v) is 17.2. The highest BCUT2D eigenvalue weighted by molar-refractivity contribution is 8.00. The third-order valence-corrected chi connectivity index (χ3v) is 5.61. The van der Waals surface area contributed by atoms with Crippen LogP contribution < -0.4 is 5.32 Å². The molecule has 3 aromatic rings. The first kappa shape index (κ1) is 22.0. The summed E-state index contributed by atoms with van der Waals surface area (Å²) in [6.07, 6.45) is 1.62. The number of nitrogens with one attached hydrogen (secondary N) is 1. The number of thioether (sulfide) groups is 2. The second kappa shape index (κ2) is 10.4. The van der Waals surface area contributed by atoms with Gasteiger partial charge in [-0.15, -0.1) is 16.8 Å². The van der Waals surface area contributed by atoms with E-state index in [1.165, 1.54) is 12.1 Å². The summed E-state index contributed by atoms with van der Waals surface area (Å²) in [6, 6.07) is 12.5. The zero-order chi connectivity index (χ0) is 21.5. The van der Waals surface area contributed by atoms with E-state index in [4.69, 9.17) is 0 Å². The van der Waals surface area contributed by atoms with E-state index in [0.29, 0.717) is 40.5 Å². The van der Waals surface area contributed by atoms with Crippen molar-refractivity contribution in [2.75, 3.05) is 11.1 Å². The van der Waals surface area contributed by atoms with Crippen molar-refractivity contribution < 1.29 is 18.0 Å². The van der Waals surface area contributed by atoms with Gasteiger partial charge in [0.2, 0.25) is 5.91 Å². The van der Waals surface area contributed by atoms with Gasteiger partial charge >= 0.3 is 0 Å². The Labute approximate surface area is 179 Å². The van der Waals surface area contributed by atoms with Gasteiger partial charge in [0.15, 0.2) is 11.0 Å². The minimum atomic E-state index is -2.59. The predicted molar refractivity (Wildman–Crippen MR) is 113 cm³/mol. The van der Waals surface area contributed by atoms with Crippen LogP contribution in [0.25, 0.3) is 11.4 Å². The van der Waals surface area contributed by atoms with Crippen molar-refractivity contribution in [1.29, 1.82) is 0 Å². The quantitative estimate of drug-likeness (QED) is 0.353. The average Bonchev–Trinajstić information content (AvgIpc) is 3.11. The van der Waals surface area contributed by atoms with Gasteiger partial charge in [0, 0.05) is 11.4 Å². The third-order valence-electron chi connectivity index (χ3n) is 3.85. The number of allylic oxidation sites excluding steroid dienone is 1. The van der Waals surface area contributed by atoms with Gasteiger partial charge in [0.05, 0.1) is 17.0 Å². The summed E-state index contributed by atoms with van der Waals surface area (Å²) in [5.41, 5.74) is 0.606. The molecule has 1 aromatic heterocycles. The average molecular weight is 451 g/mol. The predicted octanol–water partition coefficient (Wildman–Crippen LogP) is 5.32.